The molecule has 1 fully saturated rings. The van der Waals surface area contributed by atoms with Gasteiger partial charge in [0.1, 0.15) is 17.6 Å². The van der Waals surface area contributed by atoms with Crippen molar-refractivity contribution in [1.82, 2.24) is 15.0 Å². The largest absolute Gasteiger partial charge is 0.492 e. The monoisotopic (exact) mass is 434 g/mol. The van der Waals surface area contributed by atoms with Crippen LogP contribution in [0.5, 0.6) is 5.75 Å². The van der Waals surface area contributed by atoms with Gasteiger partial charge in [0.15, 0.2) is 0 Å². The Morgan fingerprint density at radius 2 is 1.81 bits per heavy atom. The van der Waals surface area contributed by atoms with E-state index in [-0.39, 0.29) is 11.9 Å². The highest BCUT2D eigenvalue weighted by Crippen LogP contribution is 2.28. The number of benzene rings is 2. The van der Waals surface area contributed by atoms with E-state index in [0.717, 1.165) is 49.7 Å². The molecule has 2 heterocycles. The normalized spacial score (nSPS) is 15.9. The first-order chi connectivity index (χ1) is 15.6. The zero-order chi connectivity index (χ0) is 22.3. The summed E-state index contributed by atoms with van der Waals surface area (Å²) in [5.41, 5.74) is 2.63. The minimum absolute atomic E-state index is 0.0519. The Morgan fingerprint density at radius 3 is 2.50 bits per heavy atom. The van der Waals surface area contributed by atoms with E-state index >= 15 is 0 Å². The Kier molecular flexibility index (Phi) is 7.19. The van der Waals surface area contributed by atoms with Gasteiger partial charge in [-0.15, -0.1) is 0 Å². The van der Waals surface area contributed by atoms with E-state index in [9.17, 15) is 4.79 Å². The Hall–Kier alpha value is -3.16. The van der Waals surface area contributed by atoms with Crippen molar-refractivity contribution < 1.29 is 14.1 Å². The minimum atomic E-state index is -0.373. The van der Waals surface area contributed by atoms with E-state index in [2.05, 4.69) is 20.3 Å². The fourth-order valence-electron chi connectivity index (χ4n) is 4.12. The lowest BCUT2D eigenvalue weighted by Crippen LogP contribution is -2.49. The first-order valence-electron chi connectivity index (χ1n) is 11.1. The van der Waals surface area contributed by atoms with Crippen LogP contribution in [0, 0.1) is 6.92 Å². The first kappa shape index (κ1) is 22.0. The number of para-hydroxylation sites is 2. The van der Waals surface area contributed by atoms with Crippen LogP contribution < -0.4 is 10.1 Å². The van der Waals surface area contributed by atoms with Crippen LogP contribution in [0.25, 0.3) is 0 Å². The second-order valence-electron chi connectivity index (χ2n) is 7.97. The highest BCUT2D eigenvalue weighted by molar-refractivity contribution is 5.96. The van der Waals surface area contributed by atoms with Gasteiger partial charge in [0.25, 0.3) is 0 Å². The molecule has 1 aliphatic heterocycles. The third kappa shape index (κ3) is 5.36. The molecule has 1 aromatic heterocycles. The molecule has 0 aliphatic carbocycles. The second-order valence-corrected chi connectivity index (χ2v) is 7.97. The minimum Gasteiger partial charge on any atom is -0.492 e. The molecule has 7 nitrogen and oxygen atoms in total. The number of anilines is 1. The molecule has 1 amide bonds. The van der Waals surface area contributed by atoms with Gasteiger partial charge in [0.2, 0.25) is 5.91 Å². The molecule has 1 unspecified atom stereocenters. The van der Waals surface area contributed by atoms with Gasteiger partial charge in [-0.3, -0.25) is 14.6 Å². The lowest BCUT2D eigenvalue weighted by atomic mass is 10.0. The van der Waals surface area contributed by atoms with Crippen LogP contribution in [0.3, 0.4) is 0 Å². The van der Waals surface area contributed by atoms with E-state index in [1.165, 1.54) is 0 Å². The lowest BCUT2D eigenvalue weighted by Gasteiger charge is -2.38. The molecule has 1 aliphatic rings. The third-order valence-corrected chi connectivity index (χ3v) is 5.64. The number of aryl methyl sites for hydroxylation is 1. The van der Waals surface area contributed by atoms with Crippen molar-refractivity contribution in [3.05, 3.63) is 77.7 Å². The van der Waals surface area contributed by atoms with Gasteiger partial charge in [-0.1, -0.05) is 47.6 Å². The summed E-state index contributed by atoms with van der Waals surface area (Å²) < 4.78 is 10.9. The van der Waals surface area contributed by atoms with Crippen molar-refractivity contribution in [2.75, 3.05) is 38.1 Å². The van der Waals surface area contributed by atoms with E-state index < -0.39 is 0 Å². The average Bonchev–Trinajstić information content (AvgIpc) is 3.22. The van der Waals surface area contributed by atoms with Crippen molar-refractivity contribution in [1.29, 1.82) is 0 Å². The standard InChI is InChI=1S/C25H30N4O3/c1-3-31-23-12-8-7-11-22(23)26-25(30)24(20-9-5-4-6-10-20)29-15-13-28(14-16-29)18-21-17-19(2)32-27-21/h4-12,17,24H,3,13-16,18H2,1-2H3,(H,26,30). The van der Waals surface area contributed by atoms with Gasteiger partial charge in [-0.05, 0) is 31.5 Å². The molecule has 3 aromatic rings. The summed E-state index contributed by atoms with van der Waals surface area (Å²) in [6, 6.07) is 19.1. The number of nitrogens with one attached hydrogen (secondary N) is 1. The molecule has 0 radical (unpaired) electrons. The maximum absolute atomic E-state index is 13.5. The van der Waals surface area contributed by atoms with Gasteiger partial charge in [0.05, 0.1) is 18.0 Å². The average molecular weight is 435 g/mol. The van der Waals surface area contributed by atoms with E-state index in [4.69, 9.17) is 9.26 Å². The zero-order valence-corrected chi connectivity index (χ0v) is 18.7. The van der Waals surface area contributed by atoms with Crippen LogP contribution in [0.15, 0.2) is 65.2 Å². The molecule has 1 atom stereocenters. The molecule has 4 rings (SSSR count). The summed E-state index contributed by atoms with van der Waals surface area (Å²) in [6.07, 6.45) is 0. The first-order valence-corrected chi connectivity index (χ1v) is 11.1. The molecule has 0 bridgehead atoms. The molecule has 2 aromatic carbocycles. The second kappa shape index (κ2) is 10.4. The highest BCUT2D eigenvalue weighted by atomic mass is 16.5. The molecule has 168 valence electrons. The van der Waals surface area contributed by atoms with Gasteiger partial charge < -0.3 is 14.6 Å². The van der Waals surface area contributed by atoms with Gasteiger partial charge in [-0.2, -0.15) is 0 Å². The maximum Gasteiger partial charge on any atom is 0.246 e. The Bertz CT molecular complexity index is 1010. The number of carbonyl (C=O) groups excluding carboxylic acids is 1. The van der Waals surface area contributed by atoms with Crippen molar-refractivity contribution in [3.63, 3.8) is 0 Å². The summed E-state index contributed by atoms with van der Waals surface area (Å²) in [5, 5.41) is 7.21. The van der Waals surface area contributed by atoms with Crippen molar-refractivity contribution in [2.45, 2.75) is 26.4 Å². The van der Waals surface area contributed by atoms with Crippen LogP contribution in [0.2, 0.25) is 0 Å². The quantitative estimate of drug-likeness (QED) is 0.580. The fourth-order valence-corrected chi connectivity index (χ4v) is 4.12. The summed E-state index contributed by atoms with van der Waals surface area (Å²) in [7, 11) is 0. The number of aromatic nitrogens is 1. The summed E-state index contributed by atoms with van der Waals surface area (Å²) in [5.74, 6) is 1.46. The number of ether oxygens (including phenoxy) is 1. The number of rotatable bonds is 8. The van der Waals surface area contributed by atoms with Crippen molar-refractivity contribution in [2.24, 2.45) is 0 Å². The van der Waals surface area contributed by atoms with Crippen LogP contribution in [0.4, 0.5) is 5.69 Å². The topological polar surface area (TPSA) is 70.8 Å². The van der Waals surface area contributed by atoms with Gasteiger partial charge in [-0.25, -0.2) is 0 Å². The fraction of sp³-hybridized carbons (Fsp3) is 0.360. The van der Waals surface area contributed by atoms with Crippen LogP contribution in [0.1, 0.15) is 30.0 Å². The van der Waals surface area contributed by atoms with Crippen molar-refractivity contribution in [3.8, 4) is 5.75 Å². The predicted molar refractivity (Wildman–Crippen MR) is 124 cm³/mol. The van der Waals surface area contributed by atoms with Gasteiger partial charge in [0, 0.05) is 38.8 Å². The molecule has 7 heteroatoms. The molecule has 1 N–H and O–H groups in total. The molecule has 1 saturated heterocycles. The number of carbonyl (C=O) groups is 1. The molecule has 32 heavy (non-hydrogen) atoms. The zero-order valence-electron chi connectivity index (χ0n) is 18.7. The van der Waals surface area contributed by atoms with Crippen LogP contribution in [-0.4, -0.2) is 53.6 Å². The predicted octanol–water partition coefficient (Wildman–Crippen LogP) is 3.88. The molecular formula is C25H30N4O3. The number of nitrogens with zero attached hydrogens (tertiary/aromatic N) is 3. The summed E-state index contributed by atoms with van der Waals surface area (Å²) >= 11 is 0. The van der Waals surface area contributed by atoms with Crippen molar-refractivity contribution >= 4 is 11.6 Å². The lowest BCUT2D eigenvalue weighted by molar-refractivity contribution is -0.122. The Morgan fingerprint density at radius 1 is 1.09 bits per heavy atom. The number of piperazine rings is 1. The van der Waals surface area contributed by atoms with E-state index in [1.807, 2.05) is 74.5 Å². The maximum atomic E-state index is 13.5. The van der Waals surface area contributed by atoms with Crippen LogP contribution >= 0.6 is 0 Å². The third-order valence-electron chi connectivity index (χ3n) is 5.64. The smallest absolute Gasteiger partial charge is 0.246 e. The summed E-state index contributed by atoms with van der Waals surface area (Å²) in [6.45, 7) is 8.44. The van der Waals surface area contributed by atoms with Gasteiger partial charge >= 0.3 is 0 Å². The Balaban J connectivity index is 1.47. The number of hydrogen-bond donors (Lipinski definition) is 1. The number of hydrogen-bond acceptors (Lipinski definition) is 6. The SMILES string of the molecule is CCOc1ccccc1NC(=O)C(c1ccccc1)N1CCN(Cc2cc(C)on2)CC1. The molecule has 0 saturated carbocycles. The number of amides is 1. The Labute approximate surface area is 188 Å². The summed E-state index contributed by atoms with van der Waals surface area (Å²) in [4.78, 5) is 18.1. The van der Waals surface area contributed by atoms with E-state index in [0.29, 0.717) is 18.0 Å². The molecular weight excluding hydrogens is 404 g/mol. The highest BCUT2D eigenvalue weighted by Gasteiger charge is 2.31. The van der Waals surface area contributed by atoms with Crippen LogP contribution in [-0.2, 0) is 11.3 Å². The van der Waals surface area contributed by atoms with E-state index in [1.54, 1.807) is 0 Å². The molecule has 0 spiro atoms.